The van der Waals surface area contributed by atoms with Gasteiger partial charge in [-0.25, -0.2) is 4.98 Å². The van der Waals surface area contributed by atoms with Crippen LogP contribution in [0.25, 0.3) is 0 Å². The third-order valence-corrected chi connectivity index (χ3v) is 3.72. The van der Waals surface area contributed by atoms with Gasteiger partial charge in [-0.05, 0) is 25.0 Å². The fourth-order valence-corrected chi connectivity index (χ4v) is 2.44. The molecule has 0 bridgehead atoms. The Hall–Kier alpha value is -1.62. The number of amides is 2. The molecule has 1 aromatic heterocycles. The van der Waals surface area contributed by atoms with Crippen molar-refractivity contribution < 1.29 is 9.59 Å². The number of likely N-dealkylation sites (tertiary alicyclic amines) is 1. The second-order valence-electron chi connectivity index (χ2n) is 5.03. The molecule has 1 saturated carbocycles. The predicted octanol–water partition coefficient (Wildman–Crippen LogP) is 1.68. The number of pyridine rings is 1. The zero-order valence-electron chi connectivity index (χ0n) is 10.3. The highest BCUT2D eigenvalue weighted by molar-refractivity contribution is 6.30. The number of rotatable bonds is 3. The first-order chi connectivity index (χ1) is 9.13. The van der Waals surface area contributed by atoms with Crippen molar-refractivity contribution in [3.05, 3.63) is 23.4 Å². The van der Waals surface area contributed by atoms with E-state index in [4.69, 9.17) is 11.6 Å². The fourth-order valence-electron chi connectivity index (χ4n) is 2.32. The molecular formula is C13H14ClN3O2. The van der Waals surface area contributed by atoms with Crippen LogP contribution in [-0.4, -0.2) is 34.3 Å². The molecule has 2 heterocycles. The van der Waals surface area contributed by atoms with Crippen LogP contribution in [0.5, 0.6) is 0 Å². The Bertz CT molecular complexity index is 513. The van der Waals surface area contributed by atoms with E-state index in [2.05, 4.69) is 10.3 Å². The molecule has 19 heavy (non-hydrogen) atoms. The quantitative estimate of drug-likeness (QED) is 0.916. The second kappa shape index (κ2) is 4.81. The number of carbonyl (C=O) groups excluding carboxylic acids is 2. The summed E-state index contributed by atoms with van der Waals surface area (Å²) in [5.41, 5.74) is 0. The van der Waals surface area contributed by atoms with Crippen molar-refractivity contribution in [2.24, 2.45) is 5.92 Å². The summed E-state index contributed by atoms with van der Waals surface area (Å²) in [4.78, 5) is 29.7. The first kappa shape index (κ1) is 12.4. The van der Waals surface area contributed by atoms with Crippen molar-refractivity contribution in [3.63, 3.8) is 0 Å². The molecule has 1 aliphatic carbocycles. The predicted molar refractivity (Wildman–Crippen MR) is 70.7 cm³/mol. The smallest absolute Gasteiger partial charge is 0.230 e. The maximum atomic E-state index is 12.1. The van der Waals surface area contributed by atoms with E-state index in [0.717, 1.165) is 12.8 Å². The SMILES string of the molecule is O=C(Nc1ccc(Cl)cn1)[C@H]1CC(=O)N(C2CC2)C1. The number of nitrogens with one attached hydrogen (secondary N) is 1. The molecule has 0 spiro atoms. The third kappa shape index (κ3) is 2.71. The average molecular weight is 280 g/mol. The number of anilines is 1. The average Bonchev–Trinajstić information content (AvgIpc) is 3.15. The van der Waals surface area contributed by atoms with Gasteiger partial charge in [0.25, 0.3) is 0 Å². The van der Waals surface area contributed by atoms with Crippen LogP contribution in [-0.2, 0) is 9.59 Å². The summed E-state index contributed by atoms with van der Waals surface area (Å²) in [6.45, 7) is 0.531. The molecule has 2 aliphatic rings. The van der Waals surface area contributed by atoms with Gasteiger partial charge in [-0.15, -0.1) is 0 Å². The zero-order valence-corrected chi connectivity index (χ0v) is 11.1. The lowest BCUT2D eigenvalue weighted by molar-refractivity contribution is -0.128. The van der Waals surface area contributed by atoms with Crippen molar-refractivity contribution >= 4 is 29.2 Å². The van der Waals surface area contributed by atoms with Gasteiger partial charge in [0, 0.05) is 25.2 Å². The summed E-state index contributed by atoms with van der Waals surface area (Å²) in [6.07, 6.45) is 3.92. The van der Waals surface area contributed by atoms with Crippen molar-refractivity contribution in [3.8, 4) is 0 Å². The highest BCUT2D eigenvalue weighted by Gasteiger charge is 2.41. The molecule has 5 nitrogen and oxygen atoms in total. The molecule has 0 unspecified atom stereocenters. The van der Waals surface area contributed by atoms with Crippen LogP contribution in [0.1, 0.15) is 19.3 Å². The van der Waals surface area contributed by atoms with Crippen LogP contribution in [0, 0.1) is 5.92 Å². The van der Waals surface area contributed by atoms with Crippen LogP contribution in [0.2, 0.25) is 5.02 Å². The molecule has 2 amide bonds. The molecule has 3 rings (SSSR count). The van der Waals surface area contributed by atoms with Crippen LogP contribution in [0.4, 0.5) is 5.82 Å². The molecular weight excluding hydrogens is 266 g/mol. The molecule has 1 aromatic rings. The largest absolute Gasteiger partial charge is 0.339 e. The molecule has 100 valence electrons. The lowest BCUT2D eigenvalue weighted by Gasteiger charge is -2.15. The van der Waals surface area contributed by atoms with Gasteiger partial charge in [-0.3, -0.25) is 9.59 Å². The summed E-state index contributed by atoms with van der Waals surface area (Å²) in [6, 6.07) is 3.69. The van der Waals surface area contributed by atoms with Gasteiger partial charge >= 0.3 is 0 Å². The summed E-state index contributed by atoms with van der Waals surface area (Å²) in [7, 11) is 0. The Morgan fingerprint density at radius 3 is 2.84 bits per heavy atom. The van der Waals surface area contributed by atoms with Gasteiger partial charge in [-0.1, -0.05) is 11.6 Å². The van der Waals surface area contributed by atoms with E-state index < -0.39 is 0 Å². The van der Waals surface area contributed by atoms with Gasteiger partial charge in [0.15, 0.2) is 0 Å². The van der Waals surface area contributed by atoms with Crippen LogP contribution >= 0.6 is 11.6 Å². The fraction of sp³-hybridized carbons (Fsp3) is 0.462. The number of carbonyl (C=O) groups is 2. The van der Waals surface area contributed by atoms with Crippen molar-refractivity contribution in [1.82, 2.24) is 9.88 Å². The third-order valence-electron chi connectivity index (χ3n) is 3.50. The van der Waals surface area contributed by atoms with Crippen molar-refractivity contribution in [1.29, 1.82) is 0 Å². The second-order valence-corrected chi connectivity index (χ2v) is 5.47. The Morgan fingerprint density at radius 1 is 1.42 bits per heavy atom. The molecule has 2 fully saturated rings. The van der Waals surface area contributed by atoms with Gasteiger partial charge in [-0.2, -0.15) is 0 Å². The Kier molecular flexibility index (Phi) is 3.14. The number of hydrogen-bond donors (Lipinski definition) is 1. The van der Waals surface area contributed by atoms with Crippen LogP contribution in [0.15, 0.2) is 18.3 Å². The summed E-state index contributed by atoms with van der Waals surface area (Å²) in [5, 5.41) is 3.25. The molecule has 1 aliphatic heterocycles. The van der Waals surface area contributed by atoms with Crippen LogP contribution < -0.4 is 5.32 Å². The lowest BCUT2D eigenvalue weighted by Crippen LogP contribution is -2.30. The van der Waals surface area contributed by atoms with Crippen molar-refractivity contribution in [2.45, 2.75) is 25.3 Å². The Morgan fingerprint density at radius 2 is 2.21 bits per heavy atom. The maximum Gasteiger partial charge on any atom is 0.230 e. The summed E-state index contributed by atoms with van der Waals surface area (Å²) >= 11 is 5.73. The van der Waals surface area contributed by atoms with E-state index in [-0.39, 0.29) is 17.7 Å². The first-order valence-electron chi connectivity index (χ1n) is 6.35. The van der Waals surface area contributed by atoms with E-state index in [1.165, 1.54) is 6.20 Å². The van der Waals surface area contributed by atoms with E-state index >= 15 is 0 Å². The monoisotopic (exact) mass is 279 g/mol. The minimum Gasteiger partial charge on any atom is -0.339 e. The Labute approximate surface area is 115 Å². The standard InChI is InChI=1S/C13H14ClN3O2/c14-9-1-4-11(15-6-9)16-13(19)8-5-12(18)17(7-8)10-2-3-10/h1,4,6,8,10H,2-3,5,7H2,(H,15,16,19)/t8-/m0/s1. The number of nitrogens with zero attached hydrogens (tertiary/aromatic N) is 2. The molecule has 1 atom stereocenters. The van der Waals surface area contributed by atoms with Gasteiger partial charge in [0.05, 0.1) is 10.9 Å². The summed E-state index contributed by atoms with van der Waals surface area (Å²) in [5.74, 6) is 0.135. The van der Waals surface area contributed by atoms with E-state index in [0.29, 0.717) is 29.8 Å². The van der Waals surface area contributed by atoms with Gasteiger partial charge in [0.2, 0.25) is 11.8 Å². The van der Waals surface area contributed by atoms with Crippen LogP contribution in [0.3, 0.4) is 0 Å². The number of halogens is 1. The number of hydrogen-bond acceptors (Lipinski definition) is 3. The van der Waals surface area contributed by atoms with Gasteiger partial charge < -0.3 is 10.2 Å². The zero-order chi connectivity index (χ0) is 13.4. The molecule has 6 heteroatoms. The van der Waals surface area contributed by atoms with Gasteiger partial charge in [0.1, 0.15) is 5.82 Å². The molecule has 1 saturated heterocycles. The molecule has 0 radical (unpaired) electrons. The Balaban J connectivity index is 1.61. The highest BCUT2D eigenvalue weighted by Crippen LogP contribution is 2.32. The summed E-state index contributed by atoms with van der Waals surface area (Å²) < 4.78 is 0. The maximum absolute atomic E-state index is 12.1. The van der Waals surface area contributed by atoms with E-state index in [9.17, 15) is 9.59 Å². The van der Waals surface area contributed by atoms with E-state index in [1.807, 2.05) is 4.90 Å². The van der Waals surface area contributed by atoms with E-state index in [1.54, 1.807) is 12.1 Å². The normalized spacial score (nSPS) is 22.7. The topological polar surface area (TPSA) is 62.3 Å². The molecule has 0 aromatic carbocycles. The minimum absolute atomic E-state index is 0.0896. The van der Waals surface area contributed by atoms with Crippen molar-refractivity contribution in [2.75, 3.05) is 11.9 Å². The first-order valence-corrected chi connectivity index (χ1v) is 6.73. The lowest BCUT2D eigenvalue weighted by atomic mass is 10.1. The number of aromatic nitrogens is 1. The molecule has 1 N–H and O–H groups in total. The highest BCUT2D eigenvalue weighted by atomic mass is 35.5. The minimum atomic E-state index is -0.273.